The first kappa shape index (κ1) is 24.4. The van der Waals surface area contributed by atoms with Crippen molar-refractivity contribution in [1.29, 1.82) is 0 Å². The molecule has 0 unspecified atom stereocenters. The molecule has 2 fully saturated rings. The van der Waals surface area contributed by atoms with E-state index in [-0.39, 0.29) is 18.1 Å². The Morgan fingerprint density at radius 2 is 1.91 bits per heavy atom. The largest absolute Gasteiger partial charge is 0.474 e. The first-order valence-electron chi connectivity index (χ1n) is 11.4. The molecule has 10 nitrogen and oxygen atoms in total. The van der Waals surface area contributed by atoms with Crippen LogP contribution in [0.3, 0.4) is 0 Å². The lowest BCUT2D eigenvalue weighted by Crippen LogP contribution is -2.48. The number of nitrogens with zero attached hydrogens (tertiary/aromatic N) is 3. The summed E-state index contributed by atoms with van der Waals surface area (Å²) in [5, 5.41) is 9.37. The third-order valence-corrected chi connectivity index (χ3v) is 6.77. The SMILES string of the molecule is CC[C@@H]1C[C@@H](Oc2ncnc(Oc3ccc(CC4COS(=O)OC4)cc3)c2C)CCN1C(=O)O. The second-order valence-electron chi connectivity index (χ2n) is 8.50. The predicted octanol–water partition coefficient (Wildman–Crippen LogP) is 3.66. The minimum absolute atomic E-state index is 0.0680. The van der Waals surface area contributed by atoms with E-state index in [1.165, 1.54) is 11.2 Å². The molecule has 0 radical (unpaired) electrons. The molecule has 1 amide bonds. The van der Waals surface area contributed by atoms with Crippen molar-refractivity contribution in [3.05, 3.63) is 41.7 Å². The molecule has 2 atom stereocenters. The molecule has 1 aromatic carbocycles. The van der Waals surface area contributed by atoms with Crippen LogP contribution in [0.5, 0.6) is 17.5 Å². The summed E-state index contributed by atoms with van der Waals surface area (Å²) in [6.07, 6.45) is 3.12. The highest BCUT2D eigenvalue weighted by Crippen LogP contribution is 2.31. The summed E-state index contributed by atoms with van der Waals surface area (Å²) in [7, 11) is 0. The molecule has 184 valence electrons. The lowest BCUT2D eigenvalue weighted by Gasteiger charge is -2.37. The van der Waals surface area contributed by atoms with Gasteiger partial charge in [0.1, 0.15) is 18.2 Å². The highest BCUT2D eigenvalue weighted by atomic mass is 32.2. The maximum absolute atomic E-state index is 11.4. The maximum atomic E-state index is 11.4. The summed E-state index contributed by atoms with van der Waals surface area (Å²) >= 11 is -1.63. The molecule has 2 aliphatic rings. The fourth-order valence-corrected chi connectivity index (χ4v) is 4.88. The third-order valence-electron chi connectivity index (χ3n) is 6.12. The summed E-state index contributed by atoms with van der Waals surface area (Å²) in [4.78, 5) is 21.4. The van der Waals surface area contributed by atoms with Crippen LogP contribution in [-0.4, -0.2) is 62.2 Å². The number of hydrogen-bond donors (Lipinski definition) is 1. The highest BCUT2D eigenvalue weighted by molar-refractivity contribution is 7.75. The van der Waals surface area contributed by atoms with Crippen LogP contribution in [0.4, 0.5) is 4.79 Å². The van der Waals surface area contributed by atoms with Gasteiger partial charge in [0.2, 0.25) is 11.8 Å². The van der Waals surface area contributed by atoms with Crippen molar-refractivity contribution in [3.8, 4) is 17.5 Å². The van der Waals surface area contributed by atoms with Crippen molar-refractivity contribution in [2.45, 2.75) is 51.7 Å². The van der Waals surface area contributed by atoms with Gasteiger partial charge in [-0.1, -0.05) is 19.1 Å². The Morgan fingerprint density at radius 1 is 1.21 bits per heavy atom. The molecule has 0 bridgehead atoms. The monoisotopic (exact) mass is 491 g/mol. The maximum Gasteiger partial charge on any atom is 0.407 e. The van der Waals surface area contributed by atoms with E-state index in [1.54, 1.807) is 0 Å². The second-order valence-corrected chi connectivity index (χ2v) is 9.38. The Bertz CT molecular complexity index is 1010. The quantitative estimate of drug-likeness (QED) is 0.618. The van der Waals surface area contributed by atoms with E-state index in [1.807, 2.05) is 38.1 Å². The Hall–Kier alpha value is -2.76. The minimum Gasteiger partial charge on any atom is -0.474 e. The number of amides is 1. The van der Waals surface area contributed by atoms with Crippen LogP contribution in [0, 0.1) is 12.8 Å². The molecule has 3 heterocycles. The van der Waals surface area contributed by atoms with Crippen molar-refractivity contribution >= 4 is 17.5 Å². The average Bonchev–Trinajstić information content (AvgIpc) is 2.84. The van der Waals surface area contributed by atoms with E-state index in [0.29, 0.717) is 55.7 Å². The predicted molar refractivity (Wildman–Crippen MR) is 123 cm³/mol. The van der Waals surface area contributed by atoms with Crippen LogP contribution in [0.1, 0.15) is 37.3 Å². The normalized spacial score (nSPS) is 25.1. The third kappa shape index (κ3) is 6.02. The Kier molecular flexibility index (Phi) is 7.96. The topological polar surface area (TPSA) is 120 Å². The first-order chi connectivity index (χ1) is 16.4. The summed E-state index contributed by atoms with van der Waals surface area (Å²) < 4.78 is 33.3. The molecule has 2 aliphatic heterocycles. The lowest BCUT2D eigenvalue weighted by molar-refractivity contribution is 0.0507. The van der Waals surface area contributed by atoms with E-state index >= 15 is 0 Å². The van der Waals surface area contributed by atoms with Crippen molar-refractivity contribution in [3.63, 3.8) is 0 Å². The van der Waals surface area contributed by atoms with Gasteiger partial charge in [0, 0.05) is 31.3 Å². The number of carbonyl (C=O) groups is 1. The van der Waals surface area contributed by atoms with Gasteiger partial charge in [-0.15, -0.1) is 0 Å². The standard InChI is InChI=1S/C23H29N3O7S/c1-3-18-11-20(8-9-26(18)23(27)28)33-22-15(2)21(24-14-25-22)32-19-6-4-16(5-7-19)10-17-12-30-34(29)31-13-17/h4-7,14,17-18,20H,3,8-13H2,1-2H3,(H,27,28)/t17?,18-,20+,34?/m1/s1. The van der Waals surface area contributed by atoms with Gasteiger partial charge in [-0.05, 0) is 37.5 Å². The van der Waals surface area contributed by atoms with E-state index in [2.05, 4.69) is 9.97 Å². The van der Waals surface area contributed by atoms with Crippen molar-refractivity contribution in [1.82, 2.24) is 14.9 Å². The van der Waals surface area contributed by atoms with Crippen LogP contribution in [-0.2, 0) is 26.1 Å². The number of likely N-dealkylation sites (tertiary alicyclic amines) is 1. The van der Waals surface area contributed by atoms with Gasteiger partial charge in [-0.2, -0.15) is 4.21 Å². The van der Waals surface area contributed by atoms with Gasteiger partial charge in [0.05, 0.1) is 18.8 Å². The van der Waals surface area contributed by atoms with E-state index in [4.69, 9.17) is 17.8 Å². The summed E-state index contributed by atoms with van der Waals surface area (Å²) in [5.41, 5.74) is 1.78. The molecule has 4 rings (SSSR count). The van der Waals surface area contributed by atoms with Crippen LogP contribution < -0.4 is 9.47 Å². The first-order valence-corrected chi connectivity index (χ1v) is 12.4. The van der Waals surface area contributed by atoms with Gasteiger partial charge < -0.3 is 19.5 Å². The second kappa shape index (κ2) is 11.1. The van der Waals surface area contributed by atoms with Crippen LogP contribution in [0.25, 0.3) is 0 Å². The molecule has 0 saturated carbocycles. The van der Waals surface area contributed by atoms with Crippen LogP contribution in [0.15, 0.2) is 30.6 Å². The van der Waals surface area contributed by atoms with Gasteiger partial charge in [0.25, 0.3) is 0 Å². The number of carboxylic acid groups (broad SMARTS) is 1. The summed E-state index contributed by atoms with van der Waals surface area (Å²) in [5.74, 6) is 1.64. The Morgan fingerprint density at radius 3 is 2.59 bits per heavy atom. The molecular formula is C23H29N3O7S. The van der Waals surface area contributed by atoms with E-state index < -0.39 is 17.5 Å². The Balaban J connectivity index is 1.36. The fraction of sp³-hybridized carbons (Fsp3) is 0.522. The van der Waals surface area contributed by atoms with Gasteiger partial charge in [-0.25, -0.2) is 14.8 Å². The number of aromatic nitrogens is 2. The van der Waals surface area contributed by atoms with Crippen molar-refractivity contribution in [2.75, 3.05) is 19.8 Å². The highest BCUT2D eigenvalue weighted by Gasteiger charge is 2.32. The Labute approximate surface area is 201 Å². The molecule has 2 aromatic rings. The van der Waals surface area contributed by atoms with Crippen LogP contribution >= 0.6 is 0 Å². The van der Waals surface area contributed by atoms with Crippen molar-refractivity contribution < 1.29 is 31.9 Å². The number of piperidine rings is 1. The molecular weight excluding hydrogens is 462 g/mol. The molecule has 34 heavy (non-hydrogen) atoms. The van der Waals surface area contributed by atoms with Crippen molar-refractivity contribution in [2.24, 2.45) is 5.92 Å². The molecule has 11 heteroatoms. The van der Waals surface area contributed by atoms with E-state index in [0.717, 1.165) is 18.4 Å². The zero-order chi connectivity index (χ0) is 24.1. The summed E-state index contributed by atoms with van der Waals surface area (Å²) in [6.45, 7) is 5.07. The van der Waals surface area contributed by atoms with Gasteiger partial charge in [-0.3, -0.25) is 8.37 Å². The summed E-state index contributed by atoms with van der Waals surface area (Å²) in [6, 6.07) is 7.61. The molecule has 1 N–H and O–H groups in total. The van der Waals surface area contributed by atoms with Gasteiger partial charge >= 0.3 is 17.5 Å². The van der Waals surface area contributed by atoms with E-state index in [9.17, 15) is 14.1 Å². The number of ether oxygens (including phenoxy) is 2. The molecule has 2 saturated heterocycles. The smallest absolute Gasteiger partial charge is 0.407 e. The molecule has 0 aliphatic carbocycles. The zero-order valence-electron chi connectivity index (χ0n) is 19.2. The molecule has 0 spiro atoms. The van der Waals surface area contributed by atoms with Crippen LogP contribution in [0.2, 0.25) is 0 Å². The lowest BCUT2D eigenvalue weighted by atomic mass is 9.98. The van der Waals surface area contributed by atoms with Gasteiger partial charge in [0.15, 0.2) is 0 Å². The number of rotatable bonds is 7. The molecule has 1 aromatic heterocycles. The zero-order valence-corrected chi connectivity index (χ0v) is 20.0. The fourth-order valence-electron chi connectivity index (χ4n) is 4.20. The number of benzene rings is 1. The minimum atomic E-state index is -1.63. The average molecular weight is 492 g/mol. The number of hydrogen-bond acceptors (Lipinski definition) is 8.